The van der Waals surface area contributed by atoms with Gasteiger partial charge in [-0.2, -0.15) is 0 Å². The van der Waals surface area contributed by atoms with Gasteiger partial charge in [-0.3, -0.25) is 0 Å². The predicted octanol–water partition coefficient (Wildman–Crippen LogP) is 1.91. The van der Waals surface area contributed by atoms with Gasteiger partial charge < -0.3 is 15.2 Å². The first-order chi connectivity index (χ1) is 7.65. The lowest BCUT2D eigenvalue weighted by molar-refractivity contribution is -0.140. The summed E-state index contributed by atoms with van der Waals surface area (Å²) in [7, 11) is 0. The fourth-order valence-corrected chi connectivity index (χ4v) is 1.85. The number of nitrogens with one attached hydrogen (secondary N) is 1. The molecule has 0 radical (unpaired) electrons. The van der Waals surface area contributed by atoms with Crippen LogP contribution < -0.4 is 5.32 Å². The highest BCUT2D eigenvalue weighted by molar-refractivity contribution is 5.83. The van der Waals surface area contributed by atoms with Crippen LogP contribution in [0, 0.1) is 0 Å². The van der Waals surface area contributed by atoms with E-state index in [1.807, 2.05) is 0 Å². The van der Waals surface area contributed by atoms with Gasteiger partial charge in [0, 0.05) is 0 Å². The molecule has 1 rings (SSSR count). The summed E-state index contributed by atoms with van der Waals surface area (Å²) in [5, 5.41) is 11.1. The van der Waals surface area contributed by atoms with Gasteiger partial charge in [-0.15, -0.1) is 0 Å². The minimum absolute atomic E-state index is 0.508. The van der Waals surface area contributed by atoms with E-state index in [-0.39, 0.29) is 0 Å². The van der Waals surface area contributed by atoms with Crippen LogP contribution in [-0.2, 0) is 9.53 Å². The van der Waals surface area contributed by atoms with Crippen molar-refractivity contribution in [2.75, 3.05) is 0 Å². The molecule has 1 aliphatic rings. The number of carboxylic acids is 1. The van der Waals surface area contributed by atoms with Gasteiger partial charge >= 0.3 is 12.1 Å². The van der Waals surface area contributed by atoms with Crippen molar-refractivity contribution in [1.82, 2.24) is 5.32 Å². The van der Waals surface area contributed by atoms with Gasteiger partial charge in [-0.1, -0.05) is 32.6 Å². The van der Waals surface area contributed by atoms with Gasteiger partial charge in [-0.25, -0.2) is 9.59 Å². The number of hydrogen-bond acceptors (Lipinski definition) is 3. The zero-order valence-electron chi connectivity index (χ0n) is 9.57. The lowest BCUT2D eigenvalue weighted by atomic mass is 10.0. The number of unbranched alkanes of at least 4 members (excludes halogenated alkanes) is 4. The molecule has 0 aromatic carbocycles. The molecule has 1 amide bonds. The maximum Gasteiger partial charge on any atom is 0.408 e. The maximum absolute atomic E-state index is 10.9. The molecule has 0 aromatic heterocycles. The van der Waals surface area contributed by atoms with Crippen molar-refractivity contribution in [2.45, 2.75) is 57.6 Å². The van der Waals surface area contributed by atoms with Crippen LogP contribution in [0.2, 0.25) is 0 Å². The van der Waals surface area contributed by atoms with E-state index in [2.05, 4.69) is 12.2 Å². The Bertz CT molecular complexity index is 254. The number of hydrogen-bond donors (Lipinski definition) is 2. The minimum Gasteiger partial charge on any atom is -0.480 e. The number of carboxylic acid groups (broad SMARTS) is 1. The Morgan fingerprint density at radius 3 is 2.69 bits per heavy atom. The quantitative estimate of drug-likeness (QED) is 0.654. The molecule has 0 saturated carbocycles. The van der Waals surface area contributed by atoms with E-state index < -0.39 is 24.2 Å². The van der Waals surface area contributed by atoms with E-state index in [1.54, 1.807) is 0 Å². The number of aliphatic carboxylic acids is 1. The van der Waals surface area contributed by atoms with Crippen LogP contribution in [0.1, 0.15) is 45.4 Å². The Morgan fingerprint density at radius 1 is 1.38 bits per heavy atom. The van der Waals surface area contributed by atoms with Crippen molar-refractivity contribution in [3.8, 4) is 0 Å². The Kier molecular flexibility index (Phi) is 5.08. The molecule has 0 spiro atoms. The Morgan fingerprint density at radius 2 is 2.06 bits per heavy atom. The van der Waals surface area contributed by atoms with Crippen molar-refractivity contribution in [3.05, 3.63) is 0 Å². The lowest BCUT2D eigenvalue weighted by Crippen LogP contribution is -2.39. The largest absolute Gasteiger partial charge is 0.480 e. The molecule has 2 atom stereocenters. The molecule has 5 heteroatoms. The molecule has 0 unspecified atom stereocenters. The van der Waals surface area contributed by atoms with Gasteiger partial charge in [0.15, 0.2) is 6.04 Å². The Labute approximate surface area is 95.2 Å². The van der Waals surface area contributed by atoms with E-state index in [1.165, 1.54) is 12.8 Å². The van der Waals surface area contributed by atoms with Crippen molar-refractivity contribution >= 4 is 12.1 Å². The maximum atomic E-state index is 10.9. The van der Waals surface area contributed by atoms with E-state index in [0.29, 0.717) is 6.42 Å². The van der Waals surface area contributed by atoms with E-state index in [9.17, 15) is 9.59 Å². The second-order valence-electron chi connectivity index (χ2n) is 4.11. The third-order valence-electron chi connectivity index (χ3n) is 2.76. The summed E-state index contributed by atoms with van der Waals surface area (Å²) in [6.07, 6.45) is 5.00. The predicted molar refractivity (Wildman–Crippen MR) is 58.2 cm³/mol. The topological polar surface area (TPSA) is 75.6 Å². The standard InChI is InChI=1S/C11H19NO4/c1-2-3-4-5-6-7-8-9(10(13)14)12-11(15)16-8/h8-9H,2-7H2,1H3,(H,12,15)(H,13,14)/t8-,9+/m1/s1. The highest BCUT2D eigenvalue weighted by atomic mass is 16.6. The average Bonchev–Trinajstić information content (AvgIpc) is 2.59. The number of ether oxygens (including phenoxy) is 1. The highest BCUT2D eigenvalue weighted by Gasteiger charge is 2.38. The van der Waals surface area contributed by atoms with E-state index >= 15 is 0 Å². The molecule has 0 bridgehead atoms. The molecule has 16 heavy (non-hydrogen) atoms. The second-order valence-corrected chi connectivity index (χ2v) is 4.11. The molecule has 1 heterocycles. The highest BCUT2D eigenvalue weighted by Crippen LogP contribution is 2.17. The molecule has 5 nitrogen and oxygen atoms in total. The summed E-state index contributed by atoms with van der Waals surface area (Å²) in [5.74, 6) is -1.02. The number of rotatable bonds is 7. The van der Waals surface area contributed by atoms with Gasteiger partial charge in [0.25, 0.3) is 0 Å². The van der Waals surface area contributed by atoms with Crippen LogP contribution in [0.15, 0.2) is 0 Å². The zero-order chi connectivity index (χ0) is 12.0. The summed E-state index contributed by atoms with van der Waals surface area (Å²) in [4.78, 5) is 21.7. The first kappa shape index (κ1) is 12.8. The minimum atomic E-state index is -1.02. The van der Waals surface area contributed by atoms with Gasteiger partial charge in [-0.05, 0) is 12.8 Å². The summed E-state index contributed by atoms with van der Waals surface area (Å²) < 4.78 is 4.91. The van der Waals surface area contributed by atoms with Crippen molar-refractivity contribution in [2.24, 2.45) is 0 Å². The van der Waals surface area contributed by atoms with Crippen molar-refractivity contribution in [3.63, 3.8) is 0 Å². The van der Waals surface area contributed by atoms with E-state index in [0.717, 1.165) is 19.3 Å². The zero-order valence-corrected chi connectivity index (χ0v) is 9.57. The van der Waals surface area contributed by atoms with Crippen LogP contribution >= 0.6 is 0 Å². The average molecular weight is 229 g/mol. The number of amides is 1. The number of carbonyl (C=O) groups is 2. The third-order valence-corrected chi connectivity index (χ3v) is 2.76. The molecule has 1 saturated heterocycles. The summed E-state index contributed by atoms with van der Waals surface area (Å²) >= 11 is 0. The van der Waals surface area contributed by atoms with Crippen molar-refractivity contribution in [1.29, 1.82) is 0 Å². The second kappa shape index (κ2) is 6.35. The number of alkyl carbamates (subject to hydrolysis) is 1. The van der Waals surface area contributed by atoms with E-state index in [4.69, 9.17) is 9.84 Å². The summed E-state index contributed by atoms with van der Waals surface area (Å²) in [6, 6.07) is -0.876. The van der Waals surface area contributed by atoms with Gasteiger partial charge in [0.2, 0.25) is 0 Å². The number of cyclic esters (lactones) is 1. The molecule has 1 aliphatic heterocycles. The molecular weight excluding hydrogens is 210 g/mol. The van der Waals surface area contributed by atoms with Crippen LogP contribution in [0.4, 0.5) is 4.79 Å². The van der Waals surface area contributed by atoms with Gasteiger partial charge in [0.05, 0.1) is 0 Å². The molecule has 2 N–H and O–H groups in total. The van der Waals surface area contributed by atoms with Gasteiger partial charge in [0.1, 0.15) is 6.10 Å². The number of carbonyl (C=O) groups excluding carboxylic acids is 1. The van der Waals surface area contributed by atoms with Crippen LogP contribution in [0.3, 0.4) is 0 Å². The van der Waals surface area contributed by atoms with Crippen LogP contribution in [0.25, 0.3) is 0 Å². The van der Waals surface area contributed by atoms with Crippen LogP contribution in [0.5, 0.6) is 0 Å². The SMILES string of the molecule is CCCCCCC[C@H]1OC(=O)N[C@@H]1C(=O)O. The smallest absolute Gasteiger partial charge is 0.408 e. The summed E-state index contributed by atoms with van der Waals surface area (Å²) in [5.41, 5.74) is 0. The fraction of sp³-hybridized carbons (Fsp3) is 0.818. The molecule has 92 valence electrons. The first-order valence-electron chi connectivity index (χ1n) is 5.85. The lowest BCUT2D eigenvalue weighted by Gasteiger charge is -2.12. The van der Waals surface area contributed by atoms with Crippen molar-refractivity contribution < 1.29 is 19.4 Å². The fourth-order valence-electron chi connectivity index (χ4n) is 1.85. The Hall–Kier alpha value is -1.26. The first-order valence-corrected chi connectivity index (χ1v) is 5.85. The normalized spacial score (nSPS) is 23.9. The molecule has 0 aromatic rings. The molecule has 0 aliphatic carbocycles. The monoisotopic (exact) mass is 229 g/mol. The molecule has 1 fully saturated rings. The van der Waals surface area contributed by atoms with Crippen LogP contribution in [-0.4, -0.2) is 29.3 Å². The molecular formula is C11H19NO4. The summed E-state index contributed by atoms with van der Waals surface area (Å²) in [6.45, 7) is 2.14. The Balaban J connectivity index is 2.24. The third kappa shape index (κ3) is 3.72.